The van der Waals surface area contributed by atoms with Gasteiger partial charge in [0, 0.05) is 55.2 Å². The van der Waals surface area contributed by atoms with Crippen molar-refractivity contribution in [1.82, 2.24) is 10.6 Å². The summed E-state index contributed by atoms with van der Waals surface area (Å²) in [6.07, 6.45) is 27.2. The number of nitrogens with two attached hydrogens (primary N) is 2. The van der Waals surface area contributed by atoms with E-state index in [1.165, 1.54) is 103 Å². The van der Waals surface area contributed by atoms with E-state index in [-0.39, 0.29) is 67.1 Å². The van der Waals surface area contributed by atoms with Crippen molar-refractivity contribution < 1.29 is 39.0 Å². The number of hydrogen-bond acceptors (Lipinski definition) is 6. The SMILES string of the molecule is CCCCCCCCCCCCCC(=O)N[C@@H](CCC(N)=O)C(=O)O.CCCCCCCCCCCCCC(=O)N[C@@H](CCC(N)=O)C(=O)O.[Na]. The molecule has 0 spiro atoms. The van der Waals surface area contributed by atoms with Crippen molar-refractivity contribution in [3.8, 4) is 0 Å². The maximum Gasteiger partial charge on any atom is 0.326 e. The van der Waals surface area contributed by atoms with Gasteiger partial charge < -0.3 is 32.3 Å². The fourth-order valence-electron chi connectivity index (χ4n) is 5.52. The van der Waals surface area contributed by atoms with E-state index in [0.717, 1.165) is 38.5 Å². The summed E-state index contributed by atoms with van der Waals surface area (Å²) in [5.74, 6) is -3.93. The van der Waals surface area contributed by atoms with Crippen molar-refractivity contribution in [2.45, 2.75) is 206 Å². The first-order valence-electron chi connectivity index (χ1n) is 19.5. The number of carbonyl (C=O) groups is 6. The molecule has 51 heavy (non-hydrogen) atoms. The maximum absolute atomic E-state index is 11.8. The minimum absolute atomic E-state index is 0. The minimum Gasteiger partial charge on any atom is -0.480 e. The summed E-state index contributed by atoms with van der Waals surface area (Å²) < 4.78 is 0. The molecule has 0 aliphatic carbocycles. The third-order valence-corrected chi connectivity index (χ3v) is 8.64. The summed E-state index contributed by atoms with van der Waals surface area (Å²) in [4.78, 5) is 67.1. The van der Waals surface area contributed by atoms with Gasteiger partial charge in [0.15, 0.2) is 0 Å². The monoisotopic (exact) mass is 736 g/mol. The Bertz CT molecular complexity index is 850. The molecule has 1 radical (unpaired) electrons. The average Bonchev–Trinajstić information content (AvgIpc) is 3.06. The van der Waals surface area contributed by atoms with E-state index >= 15 is 0 Å². The molecule has 12 nitrogen and oxygen atoms in total. The number of hydrogen-bond donors (Lipinski definition) is 6. The largest absolute Gasteiger partial charge is 0.480 e. The average molecular weight is 736 g/mol. The molecule has 0 aromatic carbocycles. The standard InChI is InChI=1S/2C19H36N2O4.Na/c2*1-2-3-4-5-6-7-8-9-10-11-12-13-18(23)21-16(19(24)25)14-15-17(20)22;/h2*16H,2-15H2,1H3,(H2,20,22)(H,21,23)(H,24,25);/t2*16-;/m00./s1. The Morgan fingerprint density at radius 3 is 0.882 bits per heavy atom. The third kappa shape index (κ3) is 40.4. The Kier molecular flexibility index (Phi) is 40.7. The van der Waals surface area contributed by atoms with Crippen LogP contribution >= 0.6 is 0 Å². The topological polar surface area (TPSA) is 219 Å². The van der Waals surface area contributed by atoms with Crippen LogP contribution in [0.3, 0.4) is 0 Å². The Balaban J connectivity index is -0.000000886. The molecule has 0 bridgehead atoms. The first-order valence-corrected chi connectivity index (χ1v) is 19.5. The zero-order valence-corrected chi connectivity index (χ0v) is 34.5. The van der Waals surface area contributed by atoms with Crippen LogP contribution in [0.4, 0.5) is 0 Å². The maximum atomic E-state index is 11.8. The van der Waals surface area contributed by atoms with Gasteiger partial charge in [0.1, 0.15) is 12.1 Å². The molecule has 0 aliphatic heterocycles. The van der Waals surface area contributed by atoms with Gasteiger partial charge in [0.2, 0.25) is 23.6 Å². The van der Waals surface area contributed by atoms with E-state index < -0.39 is 35.8 Å². The van der Waals surface area contributed by atoms with Gasteiger partial charge in [-0.15, -0.1) is 0 Å². The van der Waals surface area contributed by atoms with Crippen LogP contribution in [0.2, 0.25) is 0 Å². The summed E-state index contributed by atoms with van der Waals surface area (Å²) in [6.45, 7) is 4.45. The van der Waals surface area contributed by atoms with Gasteiger partial charge in [-0.3, -0.25) is 19.2 Å². The number of rotatable bonds is 34. The molecule has 293 valence electrons. The number of amides is 4. The van der Waals surface area contributed by atoms with Crippen molar-refractivity contribution in [3.05, 3.63) is 0 Å². The molecule has 13 heteroatoms. The van der Waals surface area contributed by atoms with E-state index in [4.69, 9.17) is 21.7 Å². The molecular formula is C38H72N4NaO8. The van der Waals surface area contributed by atoms with Gasteiger partial charge >= 0.3 is 11.9 Å². The Morgan fingerprint density at radius 2 is 0.667 bits per heavy atom. The Morgan fingerprint density at radius 1 is 0.431 bits per heavy atom. The summed E-state index contributed by atoms with van der Waals surface area (Å²) in [6, 6.07) is -2.07. The van der Waals surface area contributed by atoms with E-state index in [1.807, 2.05) is 0 Å². The molecule has 0 aliphatic rings. The summed E-state index contributed by atoms with van der Waals surface area (Å²) >= 11 is 0. The van der Waals surface area contributed by atoms with E-state index in [1.54, 1.807) is 0 Å². The van der Waals surface area contributed by atoms with Gasteiger partial charge in [-0.1, -0.05) is 142 Å². The van der Waals surface area contributed by atoms with Crippen LogP contribution < -0.4 is 22.1 Å². The predicted molar refractivity (Wildman–Crippen MR) is 204 cm³/mol. The van der Waals surface area contributed by atoms with Crippen molar-refractivity contribution >= 4 is 65.1 Å². The molecule has 0 aromatic rings. The second-order valence-corrected chi connectivity index (χ2v) is 13.5. The second-order valence-electron chi connectivity index (χ2n) is 13.5. The quantitative estimate of drug-likeness (QED) is 0.0309. The molecule has 0 unspecified atom stereocenters. The van der Waals surface area contributed by atoms with Gasteiger partial charge in [-0.25, -0.2) is 9.59 Å². The van der Waals surface area contributed by atoms with Gasteiger partial charge in [0.25, 0.3) is 0 Å². The van der Waals surface area contributed by atoms with Crippen LogP contribution in [-0.4, -0.2) is 87.4 Å². The second kappa shape index (κ2) is 39.0. The molecule has 0 aromatic heterocycles. The number of unbranched alkanes of at least 4 members (excludes halogenated alkanes) is 20. The molecular weight excluding hydrogens is 663 g/mol. The van der Waals surface area contributed by atoms with Crippen LogP contribution in [0, 0.1) is 0 Å². The number of carboxylic acids is 2. The van der Waals surface area contributed by atoms with E-state index in [2.05, 4.69) is 24.5 Å². The van der Waals surface area contributed by atoms with Crippen LogP contribution in [0.15, 0.2) is 0 Å². The van der Waals surface area contributed by atoms with Crippen LogP contribution in [-0.2, 0) is 28.8 Å². The summed E-state index contributed by atoms with van der Waals surface area (Å²) in [7, 11) is 0. The van der Waals surface area contributed by atoms with Crippen LogP contribution in [0.5, 0.6) is 0 Å². The van der Waals surface area contributed by atoms with Crippen LogP contribution in [0.1, 0.15) is 194 Å². The number of primary amides is 2. The number of nitrogens with one attached hydrogen (secondary N) is 2. The van der Waals surface area contributed by atoms with Crippen molar-refractivity contribution in [2.75, 3.05) is 0 Å². The first-order chi connectivity index (χ1) is 23.9. The van der Waals surface area contributed by atoms with E-state index in [9.17, 15) is 28.8 Å². The smallest absolute Gasteiger partial charge is 0.326 e. The van der Waals surface area contributed by atoms with Gasteiger partial charge in [-0.2, -0.15) is 0 Å². The van der Waals surface area contributed by atoms with Crippen molar-refractivity contribution in [3.63, 3.8) is 0 Å². The zero-order chi connectivity index (χ0) is 37.8. The van der Waals surface area contributed by atoms with Gasteiger partial charge in [-0.05, 0) is 25.7 Å². The number of carbonyl (C=O) groups excluding carboxylic acids is 4. The fraction of sp³-hybridized carbons (Fsp3) is 0.842. The molecule has 8 N–H and O–H groups in total. The van der Waals surface area contributed by atoms with Crippen molar-refractivity contribution in [2.24, 2.45) is 11.5 Å². The predicted octanol–water partition coefficient (Wildman–Crippen LogP) is 6.66. The molecule has 0 saturated carbocycles. The normalized spacial score (nSPS) is 11.6. The Labute approximate surface area is 330 Å². The minimum atomic E-state index is -1.13. The van der Waals surface area contributed by atoms with Crippen LogP contribution in [0.25, 0.3) is 0 Å². The number of aliphatic carboxylic acids is 2. The molecule has 2 atom stereocenters. The van der Waals surface area contributed by atoms with Crippen molar-refractivity contribution in [1.29, 1.82) is 0 Å². The third-order valence-electron chi connectivity index (χ3n) is 8.64. The van der Waals surface area contributed by atoms with Gasteiger partial charge in [0.05, 0.1) is 0 Å². The first kappa shape index (κ1) is 53.2. The summed E-state index contributed by atoms with van der Waals surface area (Å²) in [5.41, 5.74) is 10.0. The molecule has 0 rings (SSSR count). The van der Waals surface area contributed by atoms with E-state index in [0.29, 0.717) is 12.8 Å². The molecule has 0 saturated heterocycles. The molecule has 4 amide bonds. The molecule has 0 fully saturated rings. The fourth-order valence-corrected chi connectivity index (χ4v) is 5.52. The number of carboxylic acid groups (broad SMARTS) is 2. The Hall–Kier alpha value is -2.18. The zero-order valence-electron chi connectivity index (χ0n) is 32.5. The summed E-state index contributed by atoms with van der Waals surface area (Å²) in [5, 5.41) is 23.0. The molecule has 0 heterocycles.